The number of benzene rings is 2. The van der Waals surface area contributed by atoms with E-state index in [1.54, 1.807) is 28.1 Å². The molecule has 0 saturated heterocycles. The SMILES string of the molecule is COc1ccc(C2CC(c3ccc(Br)cc3)=NN2C(=O)CSc2nc(C)c(C)c(=O)[nH]2)cc1OC. The number of carbonyl (C=O) groups is 1. The molecule has 1 unspecified atom stereocenters. The van der Waals surface area contributed by atoms with E-state index >= 15 is 0 Å². The molecule has 0 bridgehead atoms. The summed E-state index contributed by atoms with van der Waals surface area (Å²) in [6, 6.07) is 13.2. The summed E-state index contributed by atoms with van der Waals surface area (Å²) in [5.41, 5.74) is 3.65. The maximum Gasteiger partial charge on any atom is 0.254 e. The largest absolute Gasteiger partial charge is 0.493 e. The first-order valence-electron chi connectivity index (χ1n) is 10.9. The fourth-order valence-electron chi connectivity index (χ4n) is 3.76. The molecule has 0 aliphatic carbocycles. The third-order valence-electron chi connectivity index (χ3n) is 5.84. The first-order chi connectivity index (χ1) is 16.8. The van der Waals surface area contributed by atoms with E-state index < -0.39 is 0 Å². The highest BCUT2D eigenvalue weighted by Gasteiger charge is 2.33. The fourth-order valence-corrected chi connectivity index (χ4v) is 4.78. The quantitative estimate of drug-likeness (QED) is 0.336. The number of nitrogens with zero attached hydrogens (tertiary/aromatic N) is 3. The Hall–Kier alpha value is -3.11. The molecule has 8 nitrogen and oxygen atoms in total. The van der Waals surface area contributed by atoms with Crippen molar-refractivity contribution in [3.8, 4) is 11.5 Å². The van der Waals surface area contributed by atoms with Gasteiger partial charge in [0.05, 0.1) is 31.7 Å². The second kappa shape index (κ2) is 10.7. The molecular weight excluding hydrogens is 532 g/mol. The lowest BCUT2D eigenvalue weighted by molar-refractivity contribution is -0.130. The van der Waals surface area contributed by atoms with Crippen LogP contribution >= 0.6 is 27.7 Å². The number of thioether (sulfide) groups is 1. The molecule has 182 valence electrons. The van der Waals surface area contributed by atoms with Crippen molar-refractivity contribution < 1.29 is 14.3 Å². The molecule has 1 aliphatic heterocycles. The standard InChI is InChI=1S/C25H25BrN4O4S/c1-14-15(2)27-25(28-24(14)32)35-13-23(31)30-20(17-7-10-21(33-3)22(11-17)34-4)12-19(29-30)16-5-8-18(26)9-6-16/h5-11,20H,12-13H2,1-4H3,(H,27,28,32). The van der Waals surface area contributed by atoms with Crippen molar-refractivity contribution in [3.63, 3.8) is 0 Å². The normalized spacial score (nSPS) is 15.2. The van der Waals surface area contributed by atoms with E-state index in [1.807, 2.05) is 42.5 Å². The molecule has 10 heteroatoms. The number of aromatic amines is 1. The number of hydrogen-bond acceptors (Lipinski definition) is 7. The molecule has 35 heavy (non-hydrogen) atoms. The van der Waals surface area contributed by atoms with Crippen LogP contribution in [0.3, 0.4) is 0 Å². The zero-order valence-corrected chi connectivity index (χ0v) is 22.2. The van der Waals surface area contributed by atoms with E-state index in [9.17, 15) is 9.59 Å². The average molecular weight is 557 g/mol. The van der Waals surface area contributed by atoms with Crippen LogP contribution in [0.4, 0.5) is 0 Å². The van der Waals surface area contributed by atoms with Crippen LogP contribution in [0.2, 0.25) is 0 Å². The van der Waals surface area contributed by atoms with Crippen LogP contribution in [0.5, 0.6) is 11.5 Å². The van der Waals surface area contributed by atoms with Crippen molar-refractivity contribution >= 4 is 39.3 Å². The van der Waals surface area contributed by atoms with Crippen LogP contribution in [0.15, 0.2) is 62.0 Å². The van der Waals surface area contributed by atoms with Gasteiger partial charge in [0.15, 0.2) is 16.7 Å². The van der Waals surface area contributed by atoms with Gasteiger partial charge in [-0.05, 0) is 49.2 Å². The highest BCUT2D eigenvalue weighted by molar-refractivity contribution is 9.10. The van der Waals surface area contributed by atoms with Crippen molar-refractivity contribution in [3.05, 3.63) is 79.7 Å². The lowest BCUT2D eigenvalue weighted by Gasteiger charge is -2.22. The Labute approximate surface area is 215 Å². The molecule has 0 saturated carbocycles. The first-order valence-corrected chi connectivity index (χ1v) is 12.7. The summed E-state index contributed by atoms with van der Waals surface area (Å²) in [6.45, 7) is 3.50. The lowest BCUT2D eigenvalue weighted by Crippen LogP contribution is -2.29. The van der Waals surface area contributed by atoms with Crippen LogP contribution < -0.4 is 15.0 Å². The zero-order chi connectivity index (χ0) is 25.1. The van der Waals surface area contributed by atoms with Crippen molar-refractivity contribution in [1.82, 2.24) is 15.0 Å². The van der Waals surface area contributed by atoms with Crippen LogP contribution in [-0.2, 0) is 4.79 Å². The number of hydrogen-bond donors (Lipinski definition) is 1. The summed E-state index contributed by atoms with van der Waals surface area (Å²) < 4.78 is 11.8. The van der Waals surface area contributed by atoms with E-state index in [0.717, 1.165) is 21.3 Å². The number of carbonyl (C=O) groups excluding carboxylic acids is 1. The Morgan fingerprint density at radius 1 is 1.14 bits per heavy atom. The number of ether oxygens (including phenoxy) is 2. The van der Waals surface area contributed by atoms with Gasteiger partial charge in [-0.2, -0.15) is 5.10 Å². The van der Waals surface area contributed by atoms with Gasteiger partial charge in [-0.25, -0.2) is 9.99 Å². The second-order valence-corrected chi connectivity index (χ2v) is 9.88. The predicted molar refractivity (Wildman–Crippen MR) is 139 cm³/mol. The minimum absolute atomic E-state index is 0.0757. The van der Waals surface area contributed by atoms with Gasteiger partial charge in [0.2, 0.25) is 0 Å². The van der Waals surface area contributed by atoms with Gasteiger partial charge in [-0.15, -0.1) is 0 Å². The Bertz CT molecular complexity index is 1340. The molecule has 0 fully saturated rings. The van der Waals surface area contributed by atoms with Gasteiger partial charge < -0.3 is 14.5 Å². The van der Waals surface area contributed by atoms with E-state index in [-0.39, 0.29) is 23.3 Å². The number of aryl methyl sites for hydroxylation is 1. The maximum atomic E-state index is 13.4. The fraction of sp³-hybridized carbons (Fsp3) is 0.280. The van der Waals surface area contributed by atoms with Crippen LogP contribution in [0.1, 0.15) is 34.8 Å². The van der Waals surface area contributed by atoms with Gasteiger partial charge >= 0.3 is 0 Å². The Morgan fingerprint density at radius 3 is 2.51 bits per heavy atom. The summed E-state index contributed by atoms with van der Waals surface area (Å²) in [7, 11) is 3.16. The van der Waals surface area contributed by atoms with Crippen molar-refractivity contribution in [2.24, 2.45) is 5.10 Å². The monoisotopic (exact) mass is 556 g/mol. The van der Waals surface area contributed by atoms with Gasteiger partial charge in [-0.1, -0.05) is 45.9 Å². The molecule has 0 spiro atoms. The van der Waals surface area contributed by atoms with Crippen molar-refractivity contribution in [2.45, 2.75) is 31.5 Å². The molecule has 1 amide bonds. The minimum Gasteiger partial charge on any atom is -0.493 e. The van der Waals surface area contributed by atoms with E-state index in [0.29, 0.717) is 34.3 Å². The molecule has 1 aromatic heterocycles. The van der Waals surface area contributed by atoms with Gasteiger partial charge in [-0.3, -0.25) is 9.59 Å². The number of aromatic nitrogens is 2. The summed E-state index contributed by atoms with van der Waals surface area (Å²) >= 11 is 4.64. The summed E-state index contributed by atoms with van der Waals surface area (Å²) in [5, 5.41) is 6.64. The Balaban J connectivity index is 1.63. The summed E-state index contributed by atoms with van der Waals surface area (Å²) in [4.78, 5) is 32.6. The number of rotatable bonds is 7. The number of hydrazone groups is 1. The highest BCUT2D eigenvalue weighted by atomic mass is 79.9. The molecule has 2 heterocycles. The molecule has 3 aromatic rings. The summed E-state index contributed by atoms with van der Waals surface area (Å²) in [6.07, 6.45) is 0.548. The smallest absolute Gasteiger partial charge is 0.254 e. The van der Waals surface area contributed by atoms with E-state index in [1.165, 1.54) is 16.8 Å². The third kappa shape index (κ3) is 5.43. The Kier molecular flexibility index (Phi) is 7.61. The molecule has 0 radical (unpaired) electrons. The number of methoxy groups -OCH3 is 2. The number of nitrogens with one attached hydrogen (secondary N) is 1. The van der Waals surface area contributed by atoms with E-state index in [2.05, 4.69) is 25.9 Å². The molecule has 2 aromatic carbocycles. The summed E-state index contributed by atoms with van der Waals surface area (Å²) in [5.74, 6) is 1.08. The number of halogens is 1. The highest BCUT2D eigenvalue weighted by Crippen LogP contribution is 2.38. The number of amides is 1. The molecular formula is C25H25BrN4O4S. The zero-order valence-electron chi connectivity index (χ0n) is 19.8. The van der Waals surface area contributed by atoms with Crippen LogP contribution in [0, 0.1) is 13.8 Å². The van der Waals surface area contributed by atoms with Gasteiger partial charge in [0.25, 0.3) is 11.5 Å². The van der Waals surface area contributed by atoms with Crippen molar-refractivity contribution in [2.75, 3.05) is 20.0 Å². The van der Waals surface area contributed by atoms with Crippen molar-refractivity contribution in [1.29, 1.82) is 0 Å². The molecule has 1 aliphatic rings. The predicted octanol–water partition coefficient (Wildman–Crippen LogP) is 4.64. The lowest BCUT2D eigenvalue weighted by atomic mass is 9.98. The van der Waals surface area contributed by atoms with Crippen LogP contribution in [-0.4, -0.2) is 46.6 Å². The first kappa shape index (κ1) is 25.0. The minimum atomic E-state index is -0.312. The molecule has 4 rings (SSSR count). The topological polar surface area (TPSA) is 96.9 Å². The second-order valence-electron chi connectivity index (χ2n) is 8.00. The molecule has 1 atom stereocenters. The Morgan fingerprint density at radius 2 is 1.86 bits per heavy atom. The van der Waals surface area contributed by atoms with Gasteiger partial charge in [0, 0.05) is 22.2 Å². The maximum absolute atomic E-state index is 13.4. The third-order valence-corrected chi connectivity index (χ3v) is 7.23. The molecule has 1 N–H and O–H groups in total. The average Bonchev–Trinajstić information content (AvgIpc) is 3.31. The number of H-pyrrole nitrogens is 1. The van der Waals surface area contributed by atoms with Crippen LogP contribution in [0.25, 0.3) is 0 Å². The van der Waals surface area contributed by atoms with Gasteiger partial charge in [0.1, 0.15) is 0 Å². The van der Waals surface area contributed by atoms with E-state index in [4.69, 9.17) is 14.6 Å².